The van der Waals surface area contributed by atoms with Crippen LogP contribution in [0, 0.1) is 17.0 Å². The number of nitro benzene ring substituents is 1. The first-order valence-electron chi connectivity index (χ1n) is 7.23. The predicted octanol–water partition coefficient (Wildman–Crippen LogP) is 4.93. The monoisotopic (exact) mass is 373 g/mol. The quantitative estimate of drug-likeness (QED) is 0.518. The van der Waals surface area contributed by atoms with Gasteiger partial charge >= 0.3 is 0 Å². The van der Waals surface area contributed by atoms with Crippen LogP contribution in [-0.2, 0) is 0 Å². The number of nitrogens with one attached hydrogen (secondary N) is 1. The molecule has 1 heterocycles. The van der Waals surface area contributed by atoms with E-state index in [0.29, 0.717) is 15.7 Å². The molecule has 3 aromatic rings. The molecule has 0 spiro atoms. The third-order valence-electron chi connectivity index (χ3n) is 3.48. The molecule has 0 fully saturated rings. The average Bonchev–Trinajstić information content (AvgIpc) is 2.96. The molecule has 0 aliphatic rings. The summed E-state index contributed by atoms with van der Waals surface area (Å²) in [5, 5.41) is 14.5. The Morgan fingerprint density at radius 1 is 1.16 bits per heavy atom. The summed E-state index contributed by atoms with van der Waals surface area (Å²) >= 11 is 7.25. The zero-order valence-electron chi connectivity index (χ0n) is 13.0. The summed E-state index contributed by atoms with van der Waals surface area (Å²) in [6.45, 7) is 1.92. The third-order valence-corrected chi connectivity index (χ3v) is 4.61. The molecule has 0 atom stereocenters. The number of carbonyl (C=O) groups excluding carboxylic acids is 1. The van der Waals surface area contributed by atoms with Crippen molar-refractivity contribution in [3.63, 3.8) is 0 Å². The number of aryl methyl sites for hydroxylation is 1. The van der Waals surface area contributed by atoms with Crippen LogP contribution in [-0.4, -0.2) is 15.8 Å². The van der Waals surface area contributed by atoms with Gasteiger partial charge in [0.05, 0.1) is 10.6 Å². The number of hydrogen-bond donors (Lipinski definition) is 1. The Morgan fingerprint density at radius 2 is 1.80 bits per heavy atom. The van der Waals surface area contributed by atoms with Crippen LogP contribution >= 0.6 is 22.9 Å². The maximum atomic E-state index is 12.3. The number of aromatic nitrogens is 1. The molecule has 1 aromatic heterocycles. The molecule has 0 saturated carbocycles. The lowest BCUT2D eigenvalue weighted by Crippen LogP contribution is -2.11. The van der Waals surface area contributed by atoms with Gasteiger partial charge < -0.3 is 0 Å². The van der Waals surface area contributed by atoms with Gasteiger partial charge in [0.2, 0.25) is 0 Å². The highest BCUT2D eigenvalue weighted by molar-refractivity contribution is 7.16. The van der Waals surface area contributed by atoms with Gasteiger partial charge in [-0.1, -0.05) is 23.7 Å². The highest BCUT2D eigenvalue weighted by Crippen LogP contribution is 2.31. The van der Waals surface area contributed by atoms with Gasteiger partial charge in [-0.2, -0.15) is 0 Å². The molecule has 0 bridgehead atoms. The Morgan fingerprint density at radius 3 is 2.40 bits per heavy atom. The SMILES string of the molecule is Cc1sc(NC(=O)c2ccc([N+](=O)[O-])cc2)nc1-c1ccc(Cl)cc1. The number of halogens is 1. The molecule has 0 radical (unpaired) electrons. The van der Waals surface area contributed by atoms with Crippen LogP contribution in [0.15, 0.2) is 48.5 Å². The van der Waals surface area contributed by atoms with Crippen molar-refractivity contribution in [2.75, 3.05) is 5.32 Å². The van der Waals surface area contributed by atoms with E-state index in [1.165, 1.54) is 35.6 Å². The number of nitro groups is 1. The summed E-state index contributed by atoms with van der Waals surface area (Å²) in [5.74, 6) is -0.369. The molecule has 0 aliphatic heterocycles. The van der Waals surface area contributed by atoms with Crippen molar-refractivity contribution in [1.82, 2.24) is 4.98 Å². The van der Waals surface area contributed by atoms with E-state index >= 15 is 0 Å². The number of nitrogens with zero attached hydrogens (tertiary/aromatic N) is 2. The van der Waals surface area contributed by atoms with Crippen LogP contribution in [0.4, 0.5) is 10.8 Å². The minimum atomic E-state index is -0.510. The number of amides is 1. The molecule has 6 nitrogen and oxygen atoms in total. The highest BCUT2D eigenvalue weighted by atomic mass is 35.5. The molecule has 2 aromatic carbocycles. The van der Waals surface area contributed by atoms with E-state index in [2.05, 4.69) is 10.3 Å². The second kappa shape index (κ2) is 7.00. The standard InChI is InChI=1S/C17H12ClN3O3S/c1-10-15(11-2-6-13(18)7-3-11)19-17(25-10)20-16(22)12-4-8-14(9-5-12)21(23)24/h2-9H,1H3,(H,19,20,22). The molecule has 8 heteroatoms. The number of carbonyl (C=O) groups is 1. The number of hydrogen-bond acceptors (Lipinski definition) is 5. The topological polar surface area (TPSA) is 85.1 Å². The van der Waals surface area contributed by atoms with E-state index in [-0.39, 0.29) is 11.6 Å². The first kappa shape index (κ1) is 17.1. The molecule has 3 rings (SSSR count). The number of non-ortho nitro benzene ring substituents is 1. The van der Waals surface area contributed by atoms with Crippen LogP contribution < -0.4 is 5.32 Å². The van der Waals surface area contributed by atoms with Crippen LogP contribution in [0.3, 0.4) is 0 Å². The van der Waals surface area contributed by atoms with E-state index in [1.54, 1.807) is 12.1 Å². The van der Waals surface area contributed by atoms with Crippen molar-refractivity contribution in [2.45, 2.75) is 6.92 Å². The lowest BCUT2D eigenvalue weighted by atomic mass is 10.1. The fourth-order valence-electron chi connectivity index (χ4n) is 2.23. The Hall–Kier alpha value is -2.77. The van der Waals surface area contributed by atoms with Gasteiger partial charge in [-0.25, -0.2) is 4.98 Å². The van der Waals surface area contributed by atoms with Gasteiger partial charge in [0, 0.05) is 33.2 Å². The number of rotatable bonds is 4. The highest BCUT2D eigenvalue weighted by Gasteiger charge is 2.14. The molecular formula is C17H12ClN3O3S. The van der Waals surface area contributed by atoms with Crippen LogP contribution in [0.2, 0.25) is 5.02 Å². The van der Waals surface area contributed by atoms with E-state index < -0.39 is 4.92 Å². The molecule has 0 saturated heterocycles. The van der Waals surface area contributed by atoms with Gasteiger partial charge in [0.15, 0.2) is 5.13 Å². The molecular weight excluding hydrogens is 362 g/mol. The normalized spacial score (nSPS) is 10.5. The first-order valence-corrected chi connectivity index (χ1v) is 8.42. The fourth-order valence-corrected chi connectivity index (χ4v) is 3.19. The molecule has 0 aliphatic carbocycles. The summed E-state index contributed by atoms with van der Waals surface area (Å²) in [7, 11) is 0. The van der Waals surface area contributed by atoms with E-state index in [1.807, 2.05) is 19.1 Å². The Bertz CT molecular complexity index is 937. The Labute approximate surface area is 152 Å². The van der Waals surface area contributed by atoms with Gasteiger partial charge in [0.25, 0.3) is 11.6 Å². The van der Waals surface area contributed by atoms with Crippen molar-refractivity contribution < 1.29 is 9.72 Å². The van der Waals surface area contributed by atoms with Crippen molar-refractivity contribution in [3.8, 4) is 11.3 Å². The molecule has 1 amide bonds. The Kier molecular flexibility index (Phi) is 4.78. The summed E-state index contributed by atoms with van der Waals surface area (Å²) in [6.07, 6.45) is 0. The summed E-state index contributed by atoms with van der Waals surface area (Å²) in [5.41, 5.74) is 1.95. The van der Waals surface area contributed by atoms with Crippen LogP contribution in [0.5, 0.6) is 0 Å². The Balaban J connectivity index is 1.79. The summed E-state index contributed by atoms with van der Waals surface area (Å²) < 4.78 is 0. The lowest BCUT2D eigenvalue weighted by molar-refractivity contribution is -0.384. The smallest absolute Gasteiger partial charge is 0.269 e. The number of anilines is 1. The van der Waals surface area contributed by atoms with Crippen LogP contribution in [0.25, 0.3) is 11.3 Å². The van der Waals surface area contributed by atoms with E-state index in [0.717, 1.165) is 16.1 Å². The van der Waals surface area contributed by atoms with Gasteiger partial charge in [-0.3, -0.25) is 20.2 Å². The number of thiazole rings is 1. The molecule has 0 unspecified atom stereocenters. The molecule has 1 N–H and O–H groups in total. The zero-order valence-corrected chi connectivity index (χ0v) is 14.6. The van der Waals surface area contributed by atoms with Gasteiger partial charge in [0.1, 0.15) is 0 Å². The maximum Gasteiger partial charge on any atom is 0.269 e. The van der Waals surface area contributed by atoms with Gasteiger partial charge in [-0.05, 0) is 31.2 Å². The fraction of sp³-hybridized carbons (Fsp3) is 0.0588. The van der Waals surface area contributed by atoms with Crippen molar-refractivity contribution in [1.29, 1.82) is 0 Å². The first-order chi connectivity index (χ1) is 11.9. The van der Waals surface area contributed by atoms with Gasteiger partial charge in [-0.15, -0.1) is 11.3 Å². The van der Waals surface area contributed by atoms with Crippen molar-refractivity contribution in [3.05, 3.63) is 74.1 Å². The molecule has 126 valence electrons. The third kappa shape index (κ3) is 3.84. The molecule has 25 heavy (non-hydrogen) atoms. The van der Waals surface area contributed by atoms with Crippen molar-refractivity contribution in [2.24, 2.45) is 0 Å². The van der Waals surface area contributed by atoms with Crippen LogP contribution in [0.1, 0.15) is 15.2 Å². The predicted molar refractivity (Wildman–Crippen MR) is 98.3 cm³/mol. The zero-order chi connectivity index (χ0) is 18.0. The largest absolute Gasteiger partial charge is 0.298 e. The summed E-state index contributed by atoms with van der Waals surface area (Å²) in [4.78, 5) is 27.8. The van der Waals surface area contributed by atoms with E-state index in [4.69, 9.17) is 11.6 Å². The number of benzene rings is 2. The summed E-state index contributed by atoms with van der Waals surface area (Å²) in [6, 6.07) is 12.7. The second-order valence-corrected chi connectivity index (χ2v) is 6.83. The lowest BCUT2D eigenvalue weighted by Gasteiger charge is -2.01. The minimum Gasteiger partial charge on any atom is -0.298 e. The maximum absolute atomic E-state index is 12.3. The minimum absolute atomic E-state index is 0.0633. The van der Waals surface area contributed by atoms with E-state index in [9.17, 15) is 14.9 Å². The second-order valence-electron chi connectivity index (χ2n) is 5.19. The average molecular weight is 374 g/mol. The van der Waals surface area contributed by atoms with Crippen molar-refractivity contribution >= 4 is 39.7 Å².